The number of phenolic OH excluding ortho intramolecular Hbond substituents is 3. The summed E-state index contributed by atoms with van der Waals surface area (Å²) in [6.45, 7) is 0.860. The zero-order chi connectivity index (χ0) is 42.7. The van der Waals surface area contributed by atoms with Crippen molar-refractivity contribution in [2.24, 2.45) is 0 Å². The molecule has 3 N–H and O–H groups in total. The van der Waals surface area contributed by atoms with Crippen LogP contribution in [0.4, 0.5) is 17.1 Å². The van der Waals surface area contributed by atoms with Crippen LogP contribution in [-0.4, -0.2) is 15.3 Å². The monoisotopic (exact) mass is 809 g/mol. The molecule has 5 heteroatoms. The molecule has 1 atom stereocenters. The van der Waals surface area contributed by atoms with E-state index < -0.39 is 0 Å². The first-order valence-electron chi connectivity index (χ1n) is 20.7. The molecule has 1 unspecified atom stereocenters. The normalized spacial score (nSPS) is 11.6. The van der Waals surface area contributed by atoms with Gasteiger partial charge in [0.2, 0.25) is 0 Å². The zero-order valence-electron chi connectivity index (χ0n) is 34.2. The topological polar surface area (TPSA) is 83.8 Å². The van der Waals surface area contributed by atoms with Crippen LogP contribution < -0.4 is 9.59 Å². The summed E-state index contributed by atoms with van der Waals surface area (Å²) in [7, 11) is 0. The fraction of sp³-hybridized carbons (Fsp3) is 0.0526. The van der Waals surface area contributed by atoms with Crippen molar-refractivity contribution in [2.45, 2.75) is 18.4 Å². The van der Waals surface area contributed by atoms with Gasteiger partial charge >= 0.3 is 0 Å². The number of nitrogens with zero attached hydrogens (tertiary/aromatic N) is 1. The molecule has 9 aromatic carbocycles. The Kier molecular flexibility index (Phi) is 12.6. The molecule has 0 aliphatic carbocycles. The van der Waals surface area contributed by atoms with Gasteiger partial charge in [0.05, 0.1) is 0 Å². The Morgan fingerprint density at radius 3 is 0.839 bits per heavy atom. The third-order valence-electron chi connectivity index (χ3n) is 11.3. The Bertz CT molecular complexity index is 2440. The number of para-hydroxylation sites is 3. The number of benzene rings is 9. The van der Waals surface area contributed by atoms with E-state index in [9.17, 15) is 20.4 Å². The SMILES string of the molecule is [O-]c1ccc(C(c2ccc(O)cc2)c2ccc(C(c3ccc(O)cc3)c3ccc(O)cc3)cc2)cc1.c1ccc(C[N+](c2ccccc2)(c2ccccc2)c2ccccc2)cc1. The molecule has 0 saturated heterocycles. The average Bonchev–Trinajstić information content (AvgIpc) is 3.33. The van der Waals surface area contributed by atoms with Gasteiger partial charge in [0.25, 0.3) is 0 Å². The van der Waals surface area contributed by atoms with Crippen molar-refractivity contribution < 1.29 is 20.4 Å². The summed E-state index contributed by atoms with van der Waals surface area (Å²) in [5, 5.41) is 41.1. The molecule has 304 valence electrons. The number of hydrogen-bond acceptors (Lipinski definition) is 4. The Hall–Kier alpha value is -7.86. The van der Waals surface area contributed by atoms with E-state index in [2.05, 4.69) is 146 Å². The van der Waals surface area contributed by atoms with Gasteiger partial charge in [-0.05, 0) is 106 Å². The highest BCUT2D eigenvalue weighted by atomic mass is 16.3. The molecular formula is C57H47NO4. The second-order valence-corrected chi connectivity index (χ2v) is 15.3. The Morgan fingerprint density at radius 2 is 0.548 bits per heavy atom. The van der Waals surface area contributed by atoms with Crippen LogP contribution in [0.2, 0.25) is 0 Å². The molecule has 0 radical (unpaired) electrons. The lowest BCUT2D eigenvalue weighted by atomic mass is 9.81. The van der Waals surface area contributed by atoms with Crippen molar-refractivity contribution in [3.63, 3.8) is 0 Å². The lowest BCUT2D eigenvalue weighted by Crippen LogP contribution is -2.38. The second kappa shape index (κ2) is 19.0. The number of hydrogen-bond donors (Lipinski definition) is 3. The quantitative estimate of drug-likeness (QED) is 0.0897. The molecule has 5 nitrogen and oxygen atoms in total. The molecule has 9 aromatic rings. The molecule has 0 fully saturated rings. The van der Waals surface area contributed by atoms with E-state index in [0.717, 1.165) is 39.9 Å². The van der Waals surface area contributed by atoms with E-state index in [1.165, 1.54) is 22.6 Å². The number of quaternary nitrogens is 1. The maximum absolute atomic E-state index is 11.7. The third-order valence-corrected chi connectivity index (χ3v) is 11.3. The maximum Gasteiger partial charge on any atom is 0.143 e. The van der Waals surface area contributed by atoms with Crippen LogP contribution in [0.3, 0.4) is 0 Å². The highest BCUT2D eigenvalue weighted by Crippen LogP contribution is 2.45. The van der Waals surface area contributed by atoms with Gasteiger partial charge in [0.1, 0.15) is 40.9 Å². The molecule has 0 spiro atoms. The molecule has 62 heavy (non-hydrogen) atoms. The molecule has 0 bridgehead atoms. The zero-order valence-corrected chi connectivity index (χ0v) is 34.2. The second-order valence-electron chi connectivity index (χ2n) is 15.3. The highest BCUT2D eigenvalue weighted by molar-refractivity contribution is 5.71. The minimum atomic E-state index is -0.110. The largest absolute Gasteiger partial charge is 0.872 e. The summed E-state index contributed by atoms with van der Waals surface area (Å²) >= 11 is 0. The van der Waals surface area contributed by atoms with Crippen molar-refractivity contribution in [2.75, 3.05) is 0 Å². The van der Waals surface area contributed by atoms with Gasteiger partial charge in [-0.3, -0.25) is 0 Å². The van der Waals surface area contributed by atoms with Crippen molar-refractivity contribution in [3.8, 4) is 23.0 Å². The summed E-state index contributed by atoms with van der Waals surface area (Å²) in [5.41, 5.74) is 11.2. The van der Waals surface area contributed by atoms with Gasteiger partial charge in [-0.15, -0.1) is 5.75 Å². The van der Waals surface area contributed by atoms with E-state index in [1.54, 1.807) is 48.5 Å². The minimum absolute atomic E-state index is 0.0378. The summed E-state index contributed by atoms with van der Waals surface area (Å²) in [6.07, 6.45) is 0. The Morgan fingerprint density at radius 1 is 0.306 bits per heavy atom. The highest BCUT2D eigenvalue weighted by Gasteiger charge is 2.36. The third kappa shape index (κ3) is 9.29. The molecule has 0 saturated carbocycles. The smallest absolute Gasteiger partial charge is 0.143 e. The predicted octanol–water partition coefficient (Wildman–Crippen LogP) is 13.1. The Balaban J connectivity index is 0.000000180. The summed E-state index contributed by atoms with van der Waals surface area (Å²) in [6, 6.07) is 79.8. The molecule has 9 rings (SSSR count). The standard InChI is InChI=1S/C32H26O4.C25H22N/c33-27-13-5-23(6-14-27)31(24-7-15-28(34)16-8-24)21-1-2-22(4-3-21)32(25-9-17-29(35)18-10-25)26-11-19-30(36)20-12-26;1-5-13-22(14-6-1)21-26(23-15-7-2-8-16-23,24-17-9-3-10-18-24)25-19-11-4-12-20-25/h1-20,31-36H;1-20H,21H2/q;+1/p-1. The van der Waals surface area contributed by atoms with Crippen LogP contribution in [0, 0.1) is 0 Å². The van der Waals surface area contributed by atoms with Crippen LogP contribution in [-0.2, 0) is 6.54 Å². The van der Waals surface area contributed by atoms with Gasteiger partial charge in [0.15, 0.2) is 0 Å². The van der Waals surface area contributed by atoms with Gasteiger partial charge < -0.3 is 20.4 Å². The van der Waals surface area contributed by atoms with E-state index in [4.69, 9.17) is 0 Å². The first kappa shape index (κ1) is 40.9. The van der Waals surface area contributed by atoms with Crippen molar-refractivity contribution in [1.29, 1.82) is 0 Å². The molecule has 0 aromatic heterocycles. The van der Waals surface area contributed by atoms with Gasteiger partial charge in [-0.1, -0.05) is 170 Å². The minimum Gasteiger partial charge on any atom is -0.872 e. The first-order valence-corrected chi connectivity index (χ1v) is 20.7. The summed E-state index contributed by atoms with van der Waals surface area (Å²) in [5.74, 6) is 0.379. The van der Waals surface area contributed by atoms with Crippen molar-refractivity contribution >= 4 is 17.1 Å². The lowest BCUT2D eigenvalue weighted by Gasteiger charge is -2.37. The fourth-order valence-corrected chi connectivity index (χ4v) is 8.32. The van der Waals surface area contributed by atoms with Crippen molar-refractivity contribution in [3.05, 3.63) is 282 Å². The van der Waals surface area contributed by atoms with Crippen molar-refractivity contribution in [1.82, 2.24) is 4.48 Å². The first-order chi connectivity index (χ1) is 30.4. The number of aromatic hydroxyl groups is 3. The van der Waals surface area contributed by atoms with E-state index in [-0.39, 0.29) is 34.8 Å². The molecule has 0 aliphatic rings. The predicted molar refractivity (Wildman–Crippen MR) is 249 cm³/mol. The van der Waals surface area contributed by atoms with Crippen LogP contribution >= 0.6 is 0 Å². The van der Waals surface area contributed by atoms with E-state index in [1.807, 2.05) is 48.5 Å². The van der Waals surface area contributed by atoms with E-state index >= 15 is 0 Å². The number of rotatable bonds is 11. The van der Waals surface area contributed by atoms with Gasteiger partial charge in [-0.25, -0.2) is 4.48 Å². The van der Waals surface area contributed by atoms with Gasteiger partial charge in [0, 0.05) is 17.4 Å². The fourth-order valence-electron chi connectivity index (χ4n) is 8.32. The molecule has 0 heterocycles. The van der Waals surface area contributed by atoms with Crippen LogP contribution in [0.5, 0.6) is 23.0 Å². The summed E-state index contributed by atoms with van der Waals surface area (Å²) in [4.78, 5) is 0. The average molecular weight is 810 g/mol. The maximum atomic E-state index is 11.7. The number of phenols is 3. The lowest BCUT2D eigenvalue weighted by molar-refractivity contribution is -0.268. The van der Waals surface area contributed by atoms with E-state index in [0.29, 0.717) is 4.48 Å². The molecule has 0 aliphatic heterocycles. The molecular weight excluding hydrogens is 763 g/mol. The van der Waals surface area contributed by atoms with Gasteiger partial charge in [-0.2, -0.15) is 0 Å². The van der Waals surface area contributed by atoms with Crippen LogP contribution in [0.15, 0.2) is 243 Å². The Labute approximate surface area is 363 Å². The van der Waals surface area contributed by atoms with Crippen LogP contribution in [0.25, 0.3) is 0 Å². The molecule has 0 amide bonds. The van der Waals surface area contributed by atoms with Crippen LogP contribution in [0.1, 0.15) is 50.8 Å². The summed E-state index contributed by atoms with van der Waals surface area (Å²) < 4.78 is 0.659.